The number of allylic oxidation sites excluding steroid dienone is 3. The Bertz CT molecular complexity index is 1450. The van der Waals surface area contributed by atoms with E-state index in [0.29, 0.717) is 46.3 Å². The highest BCUT2D eigenvalue weighted by Gasteiger charge is 2.70. The van der Waals surface area contributed by atoms with Crippen LogP contribution >= 0.6 is 0 Å². The summed E-state index contributed by atoms with van der Waals surface area (Å²) in [4.78, 5) is 2.70. The van der Waals surface area contributed by atoms with Crippen LogP contribution in [0.15, 0.2) is 42.5 Å². The van der Waals surface area contributed by atoms with Crippen molar-refractivity contribution in [2.24, 2.45) is 51.2 Å². The summed E-state index contributed by atoms with van der Waals surface area (Å²) >= 11 is 0. The van der Waals surface area contributed by atoms with Crippen LogP contribution in [0.5, 0.6) is 0 Å². The molecule has 6 fully saturated rings. The molecule has 0 aromatic heterocycles. The minimum Gasteiger partial charge on any atom is -0.375 e. The van der Waals surface area contributed by atoms with Crippen LogP contribution < -0.4 is 5.32 Å². The summed E-state index contributed by atoms with van der Waals surface area (Å²) in [5, 5.41) is 23.7. The quantitative estimate of drug-likeness (QED) is 0.204. The van der Waals surface area contributed by atoms with Gasteiger partial charge in [0.25, 0.3) is 0 Å². The average Bonchev–Trinajstić information content (AvgIpc) is 3.76. The number of hydrogen-bond donors (Lipinski definition) is 3. The second kappa shape index (κ2) is 11.5. The summed E-state index contributed by atoms with van der Waals surface area (Å²) in [5.74, 6) is 3.46. The molecular weight excluding hydrogens is 592 g/mol. The first-order valence-electron chi connectivity index (χ1n) is 19.7. The molecule has 11 atom stereocenters. The zero-order chi connectivity index (χ0) is 33.9. The minimum atomic E-state index is -1.42. The van der Waals surface area contributed by atoms with Gasteiger partial charge in [0, 0.05) is 36.8 Å². The standard InChI is InChI=1S/C43H64N2O3/c1-27(2)32-14-19-43(44-22-23-45-25-31-24-30(45)26-48-31)21-20-41(6)34(37(32)43)12-13-36-40(5)17-15-33(28-8-10-29(11-9-28)38(46)47)39(3,4)35(40)16-18-42(36,41)7/h8-11,15,30-32,34-38,44,46-47H,1,12-14,16-26H2,2-7H3/t30?,31-,32-,34+,35-,36+,37+,40-,41+,42+,43-/m0/s1. The molecule has 5 heteroatoms. The summed E-state index contributed by atoms with van der Waals surface area (Å²) in [5.41, 5.74) is 5.97. The Hall–Kier alpha value is -1.50. The van der Waals surface area contributed by atoms with Gasteiger partial charge < -0.3 is 20.3 Å². The first kappa shape index (κ1) is 33.6. The average molecular weight is 657 g/mol. The minimum absolute atomic E-state index is 0.0640. The fraction of sp³-hybridized carbons (Fsp3) is 0.767. The molecule has 1 aromatic rings. The molecule has 3 N–H and O–H groups in total. The van der Waals surface area contributed by atoms with Gasteiger partial charge in [0.1, 0.15) is 0 Å². The molecule has 1 unspecified atom stereocenters. The van der Waals surface area contributed by atoms with Crippen LogP contribution in [0.4, 0.5) is 0 Å². The lowest BCUT2D eigenvalue weighted by atomic mass is 9.33. The first-order chi connectivity index (χ1) is 22.7. The number of hydrogen-bond acceptors (Lipinski definition) is 5. The SMILES string of the molecule is C=C(C)[C@@H]1CC[C@]2(NCCN3C[C@@H]4CC3CO4)CC[C@]3(C)[C@H](CC[C@@H]4[C@@]5(C)CC=C(c6ccc(C(O)O)cc6)C(C)(C)[C@@H]5CC[C@]43C)[C@@H]12. The maximum absolute atomic E-state index is 9.68. The number of ether oxygens (including phenoxy) is 1. The molecule has 2 saturated heterocycles. The summed E-state index contributed by atoms with van der Waals surface area (Å²) in [6, 6.07) is 8.63. The molecule has 8 rings (SSSR count). The number of nitrogens with one attached hydrogen (secondary N) is 1. The predicted molar refractivity (Wildman–Crippen MR) is 194 cm³/mol. The summed E-state index contributed by atoms with van der Waals surface area (Å²) in [6.07, 6.45) is 14.7. The number of nitrogens with zero attached hydrogens (tertiary/aromatic N) is 1. The van der Waals surface area contributed by atoms with Gasteiger partial charge in [-0.3, -0.25) is 4.90 Å². The first-order valence-corrected chi connectivity index (χ1v) is 19.7. The highest BCUT2D eigenvalue weighted by Crippen LogP contribution is 2.76. The fourth-order valence-electron chi connectivity index (χ4n) is 14.6. The third kappa shape index (κ3) is 4.72. The molecule has 264 valence electrons. The van der Waals surface area contributed by atoms with Crippen LogP contribution in [0.3, 0.4) is 0 Å². The van der Waals surface area contributed by atoms with E-state index in [4.69, 9.17) is 4.74 Å². The maximum atomic E-state index is 9.68. The smallest absolute Gasteiger partial charge is 0.178 e. The van der Waals surface area contributed by atoms with Crippen LogP contribution in [0.2, 0.25) is 0 Å². The van der Waals surface area contributed by atoms with E-state index in [1.165, 1.54) is 74.5 Å². The Labute approximate surface area is 291 Å². The number of morpholine rings is 1. The lowest BCUT2D eigenvalue weighted by Gasteiger charge is -2.72. The van der Waals surface area contributed by atoms with E-state index >= 15 is 0 Å². The second-order valence-corrected chi connectivity index (χ2v) is 19.1. The van der Waals surface area contributed by atoms with Crippen molar-refractivity contribution in [3.8, 4) is 0 Å². The highest BCUT2D eigenvalue weighted by atomic mass is 16.5. The van der Waals surface area contributed by atoms with Crippen molar-refractivity contribution < 1.29 is 14.9 Å². The monoisotopic (exact) mass is 656 g/mol. The molecule has 7 aliphatic rings. The van der Waals surface area contributed by atoms with E-state index in [1.807, 2.05) is 12.1 Å². The van der Waals surface area contributed by atoms with E-state index in [-0.39, 0.29) is 16.4 Å². The molecular formula is C43H64N2O3. The number of benzene rings is 1. The van der Waals surface area contributed by atoms with Gasteiger partial charge in [-0.2, -0.15) is 0 Å². The maximum Gasteiger partial charge on any atom is 0.178 e. The highest BCUT2D eigenvalue weighted by molar-refractivity contribution is 5.71. The van der Waals surface area contributed by atoms with Gasteiger partial charge in [-0.05, 0) is 134 Å². The molecule has 0 radical (unpaired) electrons. The van der Waals surface area contributed by atoms with E-state index in [9.17, 15) is 10.2 Å². The van der Waals surface area contributed by atoms with Gasteiger partial charge in [-0.25, -0.2) is 0 Å². The zero-order valence-corrected chi connectivity index (χ0v) is 30.9. The van der Waals surface area contributed by atoms with Crippen molar-refractivity contribution in [1.29, 1.82) is 0 Å². The van der Waals surface area contributed by atoms with Crippen molar-refractivity contribution in [3.05, 3.63) is 53.6 Å². The molecule has 4 saturated carbocycles. The van der Waals surface area contributed by atoms with Gasteiger partial charge in [0.05, 0.1) is 12.7 Å². The largest absolute Gasteiger partial charge is 0.375 e. The number of rotatable bonds is 7. The third-order valence-corrected chi connectivity index (χ3v) is 17.1. The Morgan fingerprint density at radius 1 is 0.958 bits per heavy atom. The summed E-state index contributed by atoms with van der Waals surface area (Å²) in [7, 11) is 0. The topological polar surface area (TPSA) is 65.0 Å². The molecule has 48 heavy (non-hydrogen) atoms. The zero-order valence-electron chi connectivity index (χ0n) is 30.9. The van der Waals surface area contributed by atoms with Crippen LogP contribution in [-0.4, -0.2) is 59.0 Å². The number of likely N-dealkylation sites (tertiary alicyclic amines) is 1. The predicted octanol–water partition coefficient (Wildman–Crippen LogP) is 8.14. The number of aliphatic hydroxyl groups excluding tert-OH is 1. The molecule has 5 nitrogen and oxygen atoms in total. The Balaban J connectivity index is 1.06. The van der Waals surface area contributed by atoms with E-state index in [0.717, 1.165) is 44.5 Å². The van der Waals surface area contributed by atoms with Crippen LogP contribution in [0.25, 0.3) is 5.57 Å². The molecule has 0 spiro atoms. The Morgan fingerprint density at radius 2 is 1.73 bits per heavy atom. The summed E-state index contributed by atoms with van der Waals surface area (Å²) in [6.45, 7) is 24.5. The third-order valence-electron chi connectivity index (χ3n) is 17.1. The van der Waals surface area contributed by atoms with Gasteiger partial charge in [0.2, 0.25) is 0 Å². The van der Waals surface area contributed by atoms with Crippen molar-refractivity contribution in [1.82, 2.24) is 10.2 Å². The molecule has 2 aliphatic heterocycles. The van der Waals surface area contributed by atoms with Crippen molar-refractivity contribution in [3.63, 3.8) is 0 Å². The lowest BCUT2D eigenvalue weighted by molar-refractivity contribution is -0.219. The lowest BCUT2D eigenvalue weighted by Crippen LogP contribution is -2.68. The molecule has 2 heterocycles. The van der Waals surface area contributed by atoms with Crippen molar-refractivity contribution in [2.45, 2.75) is 130 Å². The summed E-state index contributed by atoms with van der Waals surface area (Å²) < 4.78 is 5.91. The van der Waals surface area contributed by atoms with E-state index in [2.05, 4.69) is 76.5 Å². The molecule has 5 aliphatic carbocycles. The number of fused-ring (bicyclic) bond motifs is 9. The van der Waals surface area contributed by atoms with Crippen molar-refractivity contribution >= 4 is 5.57 Å². The Kier molecular flexibility index (Phi) is 8.06. The van der Waals surface area contributed by atoms with Crippen LogP contribution in [-0.2, 0) is 4.74 Å². The van der Waals surface area contributed by atoms with Crippen LogP contribution in [0, 0.1) is 51.2 Å². The fourth-order valence-corrected chi connectivity index (χ4v) is 14.6. The van der Waals surface area contributed by atoms with E-state index < -0.39 is 6.29 Å². The normalized spacial score (nSPS) is 46.1. The van der Waals surface area contributed by atoms with Crippen molar-refractivity contribution in [2.75, 3.05) is 26.2 Å². The van der Waals surface area contributed by atoms with Gasteiger partial charge in [-0.1, -0.05) is 77.1 Å². The van der Waals surface area contributed by atoms with Gasteiger partial charge >= 0.3 is 0 Å². The second-order valence-electron chi connectivity index (χ2n) is 19.1. The van der Waals surface area contributed by atoms with Crippen LogP contribution in [0.1, 0.15) is 123 Å². The molecule has 1 aromatic carbocycles. The number of aliphatic hydroxyl groups is 2. The Morgan fingerprint density at radius 3 is 2.40 bits per heavy atom. The molecule has 0 amide bonds. The van der Waals surface area contributed by atoms with Gasteiger partial charge in [0.15, 0.2) is 6.29 Å². The molecule has 2 bridgehead atoms. The van der Waals surface area contributed by atoms with Gasteiger partial charge in [-0.15, -0.1) is 0 Å². The van der Waals surface area contributed by atoms with E-state index in [1.54, 1.807) is 0 Å².